The minimum absolute atomic E-state index is 0.0140. The Morgan fingerprint density at radius 2 is 1.73 bits per heavy atom. The van der Waals surface area contributed by atoms with Gasteiger partial charge in [0.2, 0.25) is 0 Å². The Kier molecular flexibility index (Phi) is 6.39. The predicted octanol–water partition coefficient (Wildman–Crippen LogP) is 3.83. The van der Waals surface area contributed by atoms with Crippen LogP contribution in [0.2, 0.25) is 0 Å². The highest BCUT2D eigenvalue weighted by Gasteiger charge is 2.26. The van der Waals surface area contributed by atoms with Gasteiger partial charge in [-0.1, -0.05) is 24.3 Å². The summed E-state index contributed by atoms with van der Waals surface area (Å²) in [6, 6.07) is 8.15. The molecular weight excluding hydrogens is 380 g/mol. The highest BCUT2D eigenvalue weighted by molar-refractivity contribution is 5.95. The van der Waals surface area contributed by atoms with Crippen molar-refractivity contribution in [2.24, 2.45) is 11.7 Å². The minimum atomic E-state index is -0.693. The predicted molar refractivity (Wildman–Crippen MR) is 116 cm³/mol. The number of hydrogen-bond donors (Lipinski definition) is 2. The number of nitrogen functional groups attached to an aromatic ring is 1. The number of rotatable bonds is 5. The summed E-state index contributed by atoms with van der Waals surface area (Å²) in [7, 11) is 0. The fraction of sp³-hybridized carbons (Fsp3) is 0.478. The smallest absolute Gasteiger partial charge is 0.306 e. The van der Waals surface area contributed by atoms with Crippen LogP contribution in [0.5, 0.6) is 0 Å². The molecule has 1 fully saturated rings. The largest absolute Gasteiger partial charge is 0.460 e. The van der Waals surface area contributed by atoms with Crippen LogP contribution in [-0.2, 0) is 9.53 Å². The van der Waals surface area contributed by atoms with Gasteiger partial charge in [-0.05, 0) is 63.9 Å². The molecule has 0 atom stereocenters. The number of carbonyl (C=O) groups is 2. The lowest BCUT2D eigenvalue weighted by molar-refractivity contribution is -0.156. The minimum Gasteiger partial charge on any atom is -0.460 e. The molecule has 160 valence electrons. The third-order valence-corrected chi connectivity index (χ3v) is 5.43. The molecule has 30 heavy (non-hydrogen) atoms. The number of aromatic nitrogens is 2. The molecule has 1 saturated carbocycles. The molecule has 3 rings (SSSR count). The second-order valence-corrected chi connectivity index (χ2v) is 8.98. The van der Waals surface area contributed by atoms with Crippen LogP contribution in [0.25, 0.3) is 11.3 Å². The number of primary amides is 1. The van der Waals surface area contributed by atoms with E-state index >= 15 is 0 Å². The van der Waals surface area contributed by atoms with Crippen molar-refractivity contribution < 1.29 is 14.3 Å². The maximum atomic E-state index is 12.1. The molecule has 0 saturated heterocycles. The Bertz CT molecular complexity index is 911. The molecule has 0 unspecified atom stereocenters. The summed E-state index contributed by atoms with van der Waals surface area (Å²) >= 11 is 0. The van der Waals surface area contributed by atoms with E-state index in [0.29, 0.717) is 24.0 Å². The van der Waals surface area contributed by atoms with Crippen molar-refractivity contribution in [2.45, 2.75) is 64.4 Å². The van der Waals surface area contributed by atoms with Gasteiger partial charge in [0.15, 0.2) is 11.5 Å². The van der Waals surface area contributed by atoms with Crippen LogP contribution in [0.15, 0.2) is 30.5 Å². The van der Waals surface area contributed by atoms with Crippen molar-refractivity contribution in [1.29, 1.82) is 0 Å². The summed E-state index contributed by atoms with van der Waals surface area (Å²) in [6.45, 7) is 5.70. The van der Waals surface area contributed by atoms with Gasteiger partial charge in [-0.2, -0.15) is 0 Å². The zero-order valence-corrected chi connectivity index (χ0v) is 17.9. The zero-order chi connectivity index (χ0) is 21.9. The van der Waals surface area contributed by atoms with Crippen LogP contribution in [0.4, 0.5) is 5.82 Å². The van der Waals surface area contributed by atoms with Crippen LogP contribution < -0.4 is 11.5 Å². The molecule has 0 aliphatic heterocycles. The third-order valence-electron chi connectivity index (χ3n) is 5.43. The summed E-state index contributed by atoms with van der Waals surface area (Å²) in [6.07, 6.45) is 6.20. The molecule has 1 amide bonds. The summed E-state index contributed by atoms with van der Waals surface area (Å²) in [5.74, 6) is 0.114. The summed E-state index contributed by atoms with van der Waals surface area (Å²) in [5.41, 5.74) is 13.2. The van der Waals surface area contributed by atoms with Gasteiger partial charge in [-0.25, -0.2) is 9.97 Å². The normalized spacial score (nSPS) is 19.3. The molecule has 1 aliphatic rings. The molecule has 0 radical (unpaired) electrons. The first-order valence-electron chi connectivity index (χ1n) is 10.4. The number of ether oxygens (including phenoxy) is 1. The monoisotopic (exact) mass is 410 g/mol. The first-order chi connectivity index (χ1) is 14.1. The first kappa shape index (κ1) is 21.7. The molecule has 0 spiro atoms. The van der Waals surface area contributed by atoms with Crippen LogP contribution in [0, 0.1) is 5.92 Å². The number of benzene rings is 1. The average molecular weight is 411 g/mol. The Morgan fingerprint density at radius 3 is 2.30 bits per heavy atom. The van der Waals surface area contributed by atoms with E-state index in [1.165, 1.54) is 5.56 Å². The van der Waals surface area contributed by atoms with Crippen LogP contribution in [0.3, 0.4) is 0 Å². The van der Waals surface area contributed by atoms with Crippen molar-refractivity contribution in [3.8, 4) is 11.3 Å². The van der Waals surface area contributed by atoms with Crippen molar-refractivity contribution in [3.63, 3.8) is 0 Å². The Morgan fingerprint density at radius 1 is 1.10 bits per heavy atom. The third kappa shape index (κ3) is 5.55. The summed E-state index contributed by atoms with van der Waals surface area (Å²) < 4.78 is 5.45. The lowest BCUT2D eigenvalue weighted by Crippen LogP contribution is -2.26. The molecule has 2 aromatic rings. The van der Waals surface area contributed by atoms with E-state index in [-0.39, 0.29) is 17.5 Å². The maximum Gasteiger partial charge on any atom is 0.306 e. The molecule has 1 aromatic heterocycles. The summed E-state index contributed by atoms with van der Waals surface area (Å²) in [5, 5.41) is 0. The van der Waals surface area contributed by atoms with Gasteiger partial charge >= 0.3 is 5.97 Å². The van der Waals surface area contributed by atoms with Crippen LogP contribution in [-0.4, -0.2) is 27.4 Å². The molecule has 4 N–H and O–H groups in total. The van der Waals surface area contributed by atoms with Gasteiger partial charge in [0.25, 0.3) is 5.91 Å². The van der Waals surface area contributed by atoms with E-state index in [9.17, 15) is 9.59 Å². The molecule has 7 nitrogen and oxygen atoms in total. The Balaban J connectivity index is 1.60. The SMILES string of the molecule is CC(C)(C)OC(=O)C[C@H]1CC[C@H](c2ccc(-c3cnc(N)c(C(N)=O)n3)cc2)CC1. The van der Waals surface area contributed by atoms with E-state index in [0.717, 1.165) is 31.2 Å². The number of carbonyl (C=O) groups excluding carboxylic acids is 2. The Labute approximate surface area is 177 Å². The number of anilines is 1. The molecule has 0 bridgehead atoms. The van der Waals surface area contributed by atoms with Gasteiger partial charge in [0, 0.05) is 12.0 Å². The average Bonchev–Trinajstić information content (AvgIpc) is 2.67. The number of hydrogen-bond acceptors (Lipinski definition) is 6. The summed E-state index contributed by atoms with van der Waals surface area (Å²) in [4.78, 5) is 31.8. The molecule has 1 heterocycles. The molecular formula is C23H30N4O3. The van der Waals surface area contributed by atoms with Crippen LogP contribution >= 0.6 is 0 Å². The van der Waals surface area contributed by atoms with Crippen molar-refractivity contribution in [2.75, 3.05) is 5.73 Å². The van der Waals surface area contributed by atoms with Gasteiger partial charge in [0.05, 0.1) is 11.9 Å². The second-order valence-electron chi connectivity index (χ2n) is 8.98. The number of nitrogens with two attached hydrogens (primary N) is 2. The van der Waals surface area contributed by atoms with E-state index in [2.05, 4.69) is 22.1 Å². The van der Waals surface area contributed by atoms with Crippen molar-refractivity contribution in [1.82, 2.24) is 9.97 Å². The number of amides is 1. The molecule has 7 heteroatoms. The highest BCUT2D eigenvalue weighted by Crippen LogP contribution is 2.37. The van der Waals surface area contributed by atoms with Gasteiger partial charge in [0.1, 0.15) is 5.60 Å². The van der Waals surface area contributed by atoms with Gasteiger partial charge in [-0.15, -0.1) is 0 Å². The number of nitrogens with zero attached hydrogens (tertiary/aromatic N) is 2. The standard InChI is InChI=1S/C23H30N4O3/c1-23(2,3)30-19(28)12-14-4-6-15(7-5-14)16-8-10-17(11-9-16)18-13-26-21(24)20(27-18)22(25)29/h8-11,13-15H,4-7,12H2,1-3H3,(H2,24,26)(H2,25,29)/t14-,15-. The molecule has 1 aliphatic carbocycles. The zero-order valence-electron chi connectivity index (χ0n) is 17.9. The number of esters is 1. The lowest BCUT2D eigenvalue weighted by Gasteiger charge is -2.29. The second kappa shape index (κ2) is 8.81. The quantitative estimate of drug-likeness (QED) is 0.723. The van der Waals surface area contributed by atoms with Crippen molar-refractivity contribution in [3.05, 3.63) is 41.7 Å². The Hall–Kier alpha value is -2.96. The highest BCUT2D eigenvalue weighted by atomic mass is 16.6. The first-order valence-corrected chi connectivity index (χ1v) is 10.4. The van der Waals surface area contributed by atoms with Crippen molar-refractivity contribution >= 4 is 17.7 Å². The lowest BCUT2D eigenvalue weighted by atomic mass is 9.77. The van der Waals surface area contributed by atoms with Gasteiger partial charge < -0.3 is 16.2 Å². The van der Waals surface area contributed by atoms with Gasteiger partial charge in [-0.3, -0.25) is 9.59 Å². The fourth-order valence-electron chi connectivity index (χ4n) is 3.96. The van der Waals surface area contributed by atoms with E-state index < -0.39 is 11.5 Å². The van der Waals surface area contributed by atoms with E-state index in [1.54, 1.807) is 6.20 Å². The van der Waals surface area contributed by atoms with E-state index in [4.69, 9.17) is 16.2 Å². The maximum absolute atomic E-state index is 12.1. The fourth-order valence-corrected chi connectivity index (χ4v) is 3.96. The molecule has 1 aromatic carbocycles. The van der Waals surface area contributed by atoms with E-state index in [1.807, 2.05) is 32.9 Å². The topological polar surface area (TPSA) is 121 Å². The van der Waals surface area contributed by atoms with Crippen LogP contribution in [0.1, 0.15) is 74.8 Å².